The molecule has 7 nitrogen and oxygen atoms in total. The lowest BCUT2D eigenvalue weighted by molar-refractivity contribution is -0.136. The fourth-order valence-electron chi connectivity index (χ4n) is 1.52. The number of hydrogen-bond acceptors (Lipinski definition) is 4. The van der Waals surface area contributed by atoms with Gasteiger partial charge in [0.15, 0.2) is 0 Å². The van der Waals surface area contributed by atoms with Crippen LogP contribution in [0.1, 0.15) is 12.6 Å². The summed E-state index contributed by atoms with van der Waals surface area (Å²) in [6.45, 7) is 2.32. The highest BCUT2D eigenvalue weighted by molar-refractivity contribution is 5.89. The van der Waals surface area contributed by atoms with Crippen molar-refractivity contribution in [3.8, 4) is 0 Å². The second-order valence-corrected chi connectivity index (χ2v) is 4.45. The van der Waals surface area contributed by atoms with Crippen LogP contribution in [0.5, 0.6) is 0 Å². The van der Waals surface area contributed by atoms with Crippen LogP contribution in [0.2, 0.25) is 0 Å². The molecule has 0 bridgehead atoms. The number of amides is 2. The lowest BCUT2D eigenvalue weighted by Crippen LogP contribution is -2.40. The number of carbonyl (C=O) groups is 2. The Kier molecular flexibility index (Phi) is 5.92. The van der Waals surface area contributed by atoms with Crippen LogP contribution in [0.3, 0.4) is 0 Å². The summed E-state index contributed by atoms with van der Waals surface area (Å²) in [5.41, 5.74) is 0.956. The highest BCUT2D eigenvalue weighted by Gasteiger charge is 2.15. The van der Waals surface area contributed by atoms with E-state index < -0.39 is 5.97 Å². The first-order chi connectivity index (χ1) is 9.43. The lowest BCUT2D eigenvalue weighted by Gasteiger charge is -2.24. The van der Waals surface area contributed by atoms with Crippen molar-refractivity contribution in [2.24, 2.45) is 0 Å². The third kappa shape index (κ3) is 4.85. The standard InChI is InChI=1S/C13H19N3O4/c1-9(8-20-3)16(2)13(19)15-11-5-4-10(14-7-11)6-12(17)18/h4-5,7,9H,6,8H2,1-3H3,(H,15,19)(H,17,18). The van der Waals surface area contributed by atoms with Crippen molar-refractivity contribution in [2.75, 3.05) is 26.1 Å². The minimum atomic E-state index is -0.942. The zero-order valence-electron chi connectivity index (χ0n) is 11.8. The van der Waals surface area contributed by atoms with Crippen molar-refractivity contribution in [1.29, 1.82) is 0 Å². The first-order valence-electron chi connectivity index (χ1n) is 6.13. The topological polar surface area (TPSA) is 91.8 Å². The van der Waals surface area contributed by atoms with Crippen molar-refractivity contribution in [2.45, 2.75) is 19.4 Å². The van der Waals surface area contributed by atoms with E-state index >= 15 is 0 Å². The first kappa shape index (κ1) is 15.9. The third-order valence-electron chi connectivity index (χ3n) is 2.80. The van der Waals surface area contributed by atoms with Gasteiger partial charge in [0.1, 0.15) is 0 Å². The zero-order chi connectivity index (χ0) is 15.1. The molecule has 0 aliphatic heterocycles. The van der Waals surface area contributed by atoms with E-state index in [0.29, 0.717) is 18.0 Å². The van der Waals surface area contributed by atoms with E-state index in [1.54, 1.807) is 26.3 Å². The maximum absolute atomic E-state index is 11.9. The average molecular weight is 281 g/mol. The summed E-state index contributed by atoms with van der Waals surface area (Å²) in [5, 5.41) is 11.3. The van der Waals surface area contributed by atoms with Crippen LogP contribution in [0.25, 0.3) is 0 Å². The smallest absolute Gasteiger partial charge is 0.321 e. The molecule has 0 radical (unpaired) electrons. The largest absolute Gasteiger partial charge is 0.481 e. The Labute approximate surface area is 117 Å². The summed E-state index contributed by atoms with van der Waals surface area (Å²) in [7, 11) is 3.25. The second-order valence-electron chi connectivity index (χ2n) is 4.45. The minimum absolute atomic E-state index is 0.0563. The lowest BCUT2D eigenvalue weighted by atomic mass is 10.2. The molecule has 0 fully saturated rings. The number of methoxy groups -OCH3 is 1. The molecule has 0 saturated carbocycles. The van der Waals surface area contributed by atoms with Crippen LogP contribution >= 0.6 is 0 Å². The molecule has 1 atom stereocenters. The van der Waals surface area contributed by atoms with Gasteiger partial charge in [-0.2, -0.15) is 0 Å². The summed E-state index contributed by atoms with van der Waals surface area (Å²) >= 11 is 0. The predicted octanol–water partition coefficient (Wildman–Crippen LogP) is 1.21. The molecule has 0 aromatic carbocycles. The normalized spacial score (nSPS) is 11.8. The van der Waals surface area contributed by atoms with Crippen LogP contribution in [0.4, 0.5) is 10.5 Å². The number of aromatic nitrogens is 1. The molecule has 1 rings (SSSR count). The number of anilines is 1. The SMILES string of the molecule is COCC(C)N(C)C(=O)Nc1ccc(CC(=O)O)nc1. The Bertz CT molecular complexity index is 461. The molecule has 2 N–H and O–H groups in total. The molecule has 1 aromatic heterocycles. The van der Waals surface area contributed by atoms with Crippen molar-refractivity contribution >= 4 is 17.7 Å². The van der Waals surface area contributed by atoms with Gasteiger partial charge in [0.2, 0.25) is 0 Å². The van der Waals surface area contributed by atoms with Crippen LogP contribution in [-0.2, 0) is 16.0 Å². The molecular formula is C13H19N3O4. The van der Waals surface area contributed by atoms with E-state index in [2.05, 4.69) is 10.3 Å². The number of nitrogens with zero attached hydrogens (tertiary/aromatic N) is 2. The van der Waals surface area contributed by atoms with Gasteiger partial charge in [-0.15, -0.1) is 0 Å². The third-order valence-corrected chi connectivity index (χ3v) is 2.80. The van der Waals surface area contributed by atoms with E-state index in [0.717, 1.165) is 0 Å². The summed E-state index contributed by atoms with van der Waals surface area (Å²) in [5.74, 6) is -0.942. The number of nitrogens with one attached hydrogen (secondary N) is 1. The number of rotatable bonds is 6. The molecule has 20 heavy (non-hydrogen) atoms. The van der Waals surface area contributed by atoms with Gasteiger partial charge in [0, 0.05) is 14.2 Å². The number of hydrogen-bond donors (Lipinski definition) is 2. The molecule has 1 unspecified atom stereocenters. The van der Waals surface area contributed by atoms with Gasteiger partial charge < -0.3 is 20.1 Å². The van der Waals surface area contributed by atoms with Gasteiger partial charge in [-0.3, -0.25) is 9.78 Å². The van der Waals surface area contributed by atoms with Gasteiger partial charge >= 0.3 is 12.0 Å². The molecule has 110 valence electrons. The van der Waals surface area contributed by atoms with Crippen molar-refractivity contribution in [3.63, 3.8) is 0 Å². The molecule has 0 spiro atoms. The van der Waals surface area contributed by atoms with E-state index in [4.69, 9.17) is 9.84 Å². The molecule has 1 heterocycles. The fourth-order valence-corrected chi connectivity index (χ4v) is 1.52. The molecule has 7 heteroatoms. The predicted molar refractivity (Wildman–Crippen MR) is 73.7 cm³/mol. The molecule has 0 aliphatic carbocycles. The summed E-state index contributed by atoms with van der Waals surface area (Å²) in [6.07, 6.45) is 1.30. The summed E-state index contributed by atoms with van der Waals surface area (Å²) in [6, 6.07) is 2.86. The molecule has 1 aromatic rings. The van der Waals surface area contributed by atoms with E-state index in [9.17, 15) is 9.59 Å². The monoisotopic (exact) mass is 281 g/mol. The molecular weight excluding hydrogens is 262 g/mol. The maximum Gasteiger partial charge on any atom is 0.321 e. The van der Waals surface area contributed by atoms with E-state index in [1.807, 2.05) is 6.92 Å². The van der Waals surface area contributed by atoms with Gasteiger partial charge in [-0.25, -0.2) is 4.79 Å². The zero-order valence-corrected chi connectivity index (χ0v) is 11.8. The highest BCUT2D eigenvalue weighted by atomic mass is 16.5. The van der Waals surface area contributed by atoms with E-state index in [-0.39, 0.29) is 18.5 Å². The Morgan fingerprint density at radius 3 is 2.70 bits per heavy atom. The van der Waals surface area contributed by atoms with Crippen molar-refractivity contribution in [1.82, 2.24) is 9.88 Å². The van der Waals surface area contributed by atoms with Crippen molar-refractivity contribution in [3.05, 3.63) is 24.0 Å². The van der Waals surface area contributed by atoms with Crippen LogP contribution in [0, 0.1) is 0 Å². The Morgan fingerprint density at radius 2 is 2.20 bits per heavy atom. The molecule has 2 amide bonds. The van der Waals surface area contributed by atoms with E-state index in [1.165, 1.54) is 11.1 Å². The molecule has 0 aliphatic rings. The number of carboxylic acid groups (broad SMARTS) is 1. The summed E-state index contributed by atoms with van der Waals surface area (Å²) in [4.78, 5) is 28.0. The van der Waals surface area contributed by atoms with Gasteiger partial charge in [-0.1, -0.05) is 0 Å². The van der Waals surface area contributed by atoms with Crippen LogP contribution in [-0.4, -0.2) is 53.8 Å². The number of ether oxygens (including phenoxy) is 1. The Hall–Kier alpha value is -2.15. The number of likely N-dealkylation sites (N-methyl/N-ethyl adjacent to an activating group) is 1. The molecule has 0 saturated heterocycles. The Balaban J connectivity index is 2.59. The quantitative estimate of drug-likeness (QED) is 0.817. The maximum atomic E-state index is 11.9. The number of carbonyl (C=O) groups excluding carboxylic acids is 1. The number of aliphatic carboxylic acids is 1. The van der Waals surface area contributed by atoms with Gasteiger partial charge in [-0.05, 0) is 19.1 Å². The van der Waals surface area contributed by atoms with Crippen LogP contribution in [0.15, 0.2) is 18.3 Å². The van der Waals surface area contributed by atoms with Gasteiger partial charge in [0.05, 0.1) is 36.6 Å². The summed E-state index contributed by atoms with van der Waals surface area (Å²) < 4.78 is 4.99. The van der Waals surface area contributed by atoms with Gasteiger partial charge in [0.25, 0.3) is 0 Å². The number of pyridine rings is 1. The Morgan fingerprint density at radius 1 is 1.50 bits per heavy atom. The van der Waals surface area contributed by atoms with Crippen LogP contribution < -0.4 is 5.32 Å². The number of carboxylic acids is 1. The average Bonchev–Trinajstić information content (AvgIpc) is 2.39. The second kappa shape index (κ2) is 7.44. The minimum Gasteiger partial charge on any atom is -0.481 e. The number of urea groups is 1. The fraction of sp³-hybridized carbons (Fsp3) is 0.462. The first-order valence-corrected chi connectivity index (χ1v) is 6.13. The highest BCUT2D eigenvalue weighted by Crippen LogP contribution is 2.08. The van der Waals surface area contributed by atoms with Crippen molar-refractivity contribution < 1.29 is 19.4 Å².